The fourth-order valence-electron chi connectivity index (χ4n) is 5.10. The number of hydrogen-bond donors (Lipinski definition) is 0. The number of nitrogens with zero attached hydrogens (tertiary/aromatic N) is 6. The maximum Gasteiger partial charge on any atom is 0.352 e. The summed E-state index contributed by atoms with van der Waals surface area (Å²) in [4.78, 5) is 36.4. The minimum absolute atomic E-state index is 0.120. The largest absolute Gasteiger partial charge is 0.366 e. The predicted octanol–water partition coefficient (Wildman–Crippen LogP) is 2.72. The molecule has 0 bridgehead atoms. The maximum atomic E-state index is 14.1. The highest BCUT2D eigenvalue weighted by Gasteiger charge is 2.26. The number of benzene rings is 1. The molecule has 1 atom stereocenters. The average molecular weight is 481 g/mol. The molecule has 4 aromatic rings. The zero-order valence-corrected chi connectivity index (χ0v) is 19.7. The Kier molecular flexibility index (Phi) is 5.13. The van der Waals surface area contributed by atoms with Crippen LogP contribution in [-0.2, 0) is 24.2 Å². The molecular formula is C24H25FN6O2S. The zero-order valence-electron chi connectivity index (χ0n) is 18.9. The Morgan fingerprint density at radius 2 is 2.00 bits per heavy atom. The van der Waals surface area contributed by atoms with Gasteiger partial charge in [-0.15, -0.1) is 16.4 Å². The third-order valence-corrected chi connectivity index (χ3v) is 8.15. The number of hydrogen-bond acceptors (Lipinski definition) is 6. The summed E-state index contributed by atoms with van der Waals surface area (Å²) in [5.74, 6) is 0.223. The number of rotatable bonds is 3. The highest BCUT2D eigenvalue weighted by atomic mass is 32.1. The van der Waals surface area contributed by atoms with Crippen LogP contribution in [-0.4, -0.2) is 56.2 Å². The van der Waals surface area contributed by atoms with Gasteiger partial charge in [-0.3, -0.25) is 4.79 Å². The Balaban J connectivity index is 1.23. The fraction of sp³-hybridized carbons (Fsp3) is 0.417. The first-order valence-electron chi connectivity index (χ1n) is 11.7. The van der Waals surface area contributed by atoms with E-state index in [2.05, 4.69) is 17.0 Å². The lowest BCUT2D eigenvalue weighted by molar-refractivity contribution is -0.132. The number of aromatic nitrogens is 4. The molecule has 10 heteroatoms. The van der Waals surface area contributed by atoms with Crippen molar-refractivity contribution in [1.29, 1.82) is 0 Å². The van der Waals surface area contributed by atoms with Gasteiger partial charge in [0.25, 0.3) is 0 Å². The first-order chi connectivity index (χ1) is 16.5. The van der Waals surface area contributed by atoms with Gasteiger partial charge in [-0.25, -0.2) is 23.3 Å². The van der Waals surface area contributed by atoms with Gasteiger partial charge in [-0.2, -0.15) is 0 Å². The second-order valence-corrected chi connectivity index (χ2v) is 10.3. The molecule has 2 aliphatic rings. The number of para-hydroxylation sites is 1. The van der Waals surface area contributed by atoms with Gasteiger partial charge >= 0.3 is 5.69 Å². The lowest BCUT2D eigenvalue weighted by Gasteiger charge is -2.36. The summed E-state index contributed by atoms with van der Waals surface area (Å²) in [6.45, 7) is 4.16. The first kappa shape index (κ1) is 21.3. The molecule has 0 radical (unpaired) electrons. The van der Waals surface area contributed by atoms with E-state index in [1.165, 1.54) is 31.9 Å². The number of aryl methyl sites for hydroxylation is 1. The molecule has 6 rings (SSSR count). The van der Waals surface area contributed by atoms with E-state index < -0.39 is 0 Å². The molecule has 176 valence electrons. The number of halogens is 1. The van der Waals surface area contributed by atoms with Gasteiger partial charge in [0.1, 0.15) is 23.5 Å². The second kappa shape index (κ2) is 8.19. The monoisotopic (exact) mass is 480 g/mol. The van der Waals surface area contributed by atoms with Crippen molar-refractivity contribution in [3.63, 3.8) is 0 Å². The van der Waals surface area contributed by atoms with Crippen LogP contribution in [0.25, 0.3) is 15.9 Å². The van der Waals surface area contributed by atoms with Crippen LogP contribution >= 0.6 is 11.3 Å². The molecule has 3 aromatic heterocycles. The Morgan fingerprint density at radius 1 is 1.21 bits per heavy atom. The summed E-state index contributed by atoms with van der Waals surface area (Å²) in [6.07, 6.45) is 4.63. The van der Waals surface area contributed by atoms with E-state index in [9.17, 15) is 14.0 Å². The molecule has 1 aliphatic carbocycles. The highest BCUT2D eigenvalue weighted by molar-refractivity contribution is 7.19. The van der Waals surface area contributed by atoms with Crippen LogP contribution < -0.4 is 10.6 Å². The normalized spacial score (nSPS) is 18.6. The number of anilines is 1. The molecule has 1 amide bonds. The summed E-state index contributed by atoms with van der Waals surface area (Å²) >= 11 is 1.69. The van der Waals surface area contributed by atoms with Crippen LogP contribution in [0.5, 0.6) is 0 Å². The lowest BCUT2D eigenvalue weighted by Crippen LogP contribution is -2.50. The summed E-state index contributed by atoms with van der Waals surface area (Å²) in [5, 5.41) is 5.53. The molecule has 1 aliphatic heterocycles. The van der Waals surface area contributed by atoms with Gasteiger partial charge < -0.3 is 9.80 Å². The van der Waals surface area contributed by atoms with E-state index in [0.29, 0.717) is 43.4 Å². The van der Waals surface area contributed by atoms with Gasteiger partial charge in [0.05, 0.1) is 11.1 Å². The van der Waals surface area contributed by atoms with Crippen LogP contribution in [0.3, 0.4) is 0 Å². The third-order valence-electron chi connectivity index (χ3n) is 6.99. The second-order valence-electron chi connectivity index (χ2n) is 9.23. The van der Waals surface area contributed by atoms with Crippen LogP contribution in [0, 0.1) is 11.7 Å². The quantitative estimate of drug-likeness (QED) is 0.451. The van der Waals surface area contributed by atoms with Crippen LogP contribution in [0.1, 0.15) is 23.8 Å². The van der Waals surface area contributed by atoms with Crippen LogP contribution in [0.4, 0.5) is 10.1 Å². The van der Waals surface area contributed by atoms with Gasteiger partial charge in [-0.05, 0) is 42.9 Å². The van der Waals surface area contributed by atoms with Gasteiger partial charge in [0.2, 0.25) is 5.91 Å². The summed E-state index contributed by atoms with van der Waals surface area (Å²) in [7, 11) is 0. The van der Waals surface area contributed by atoms with Crippen molar-refractivity contribution < 1.29 is 9.18 Å². The maximum absolute atomic E-state index is 14.1. The van der Waals surface area contributed by atoms with Crippen molar-refractivity contribution in [2.24, 2.45) is 5.92 Å². The third kappa shape index (κ3) is 3.48. The smallest absolute Gasteiger partial charge is 0.352 e. The van der Waals surface area contributed by atoms with Crippen molar-refractivity contribution in [3.8, 4) is 0 Å². The van der Waals surface area contributed by atoms with Gasteiger partial charge in [0.15, 0.2) is 5.65 Å². The molecule has 1 fully saturated rings. The summed E-state index contributed by atoms with van der Waals surface area (Å²) in [6, 6.07) is 6.67. The Labute approximate surface area is 199 Å². The van der Waals surface area contributed by atoms with E-state index in [4.69, 9.17) is 0 Å². The molecule has 4 heterocycles. The molecule has 34 heavy (non-hydrogen) atoms. The number of carbonyl (C=O) groups is 1. The van der Waals surface area contributed by atoms with Crippen LogP contribution in [0.2, 0.25) is 0 Å². The van der Waals surface area contributed by atoms with Gasteiger partial charge in [0, 0.05) is 31.1 Å². The number of fused-ring (bicyclic) bond motifs is 5. The van der Waals surface area contributed by atoms with E-state index in [1.807, 2.05) is 11.0 Å². The zero-order chi connectivity index (χ0) is 23.4. The molecule has 0 unspecified atom stereocenters. The van der Waals surface area contributed by atoms with Crippen molar-refractivity contribution >= 4 is 38.8 Å². The number of piperazine rings is 1. The summed E-state index contributed by atoms with van der Waals surface area (Å²) < 4.78 is 16.8. The van der Waals surface area contributed by atoms with E-state index in [-0.39, 0.29) is 24.0 Å². The predicted molar refractivity (Wildman–Crippen MR) is 129 cm³/mol. The standard InChI is InChI=1S/C24H25FN6O2S/c1-15-6-7-16-19(12-15)34-23-21(16)22-27-31(24(33)30(22)14-26-23)13-20(32)29-10-8-28(9-11-29)18-5-3-2-4-17(18)25/h2-5,14-15H,6-13H2,1H3/t15-/m1/s1. The van der Waals surface area contributed by atoms with E-state index >= 15 is 0 Å². The fourth-order valence-corrected chi connectivity index (χ4v) is 6.44. The average Bonchev–Trinajstić information content (AvgIpc) is 3.36. The van der Waals surface area contributed by atoms with E-state index in [1.54, 1.807) is 28.4 Å². The van der Waals surface area contributed by atoms with E-state index in [0.717, 1.165) is 29.5 Å². The highest BCUT2D eigenvalue weighted by Crippen LogP contribution is 2.38. The number of thiophene rings is 1. The molecule has 0 saturated carbocycles. The Bertz CT molecular complexity index is 1470. The van der Waals surface area contributed by atoms with Crippen molar-refractivity contribution in [2.45, 2.75) is 32.7 Å². The Morgan fingerprint density at radius 3 is 2.79 bits per heavy atom. The van der Waals surface area contributed by atoms with Crippen molar-refractivity contribution in [1.82, 2.24) is 24.1 Å². The molecular weight excluding hydrogens is 455 g/mol. The molecule has 0 N–H and O–H groups in total. The van der Waals surface area contributed by atoms with Crippen molar-refractivity contribution in [2.75, 3.05) is 31.1 Å². The van der Waals surface area contributed by atoms with Gasteiger partial charge in [-0.1, -0.05) is 19.1 Å². The molecule has 0 spiro atoms. The Hall–Kier alpha value is -3.27. The van der Waals surface area contributed by atoms with Crippen molar-refractivity contribution in [3.05, 3.63) is 57.3 Å². The first-order valence-corrected chi connectivity index (χ1v) is 12.5. The lowest BCUT2D eigenvalue weighted by atomic mass is 9.89. The molecule has 1 aromatic carbocycles. The number of amides is 1. The van der Waals surface area contributed by atoms with Crippen LogP contribution in [0.15, 0.2) is 35.4 Å². The minimum Gasteiger partial charge on any atom is -0.366 e. The SMILES string of the molecule is C[C@@H]1CCc2c(sc3ncn4c(=O)n(CC(=O)N5CCN(c6ccccc6F)CC5)nc4c23)C1. The minimum atomic E-state index is -0.355. The topological polar surface area (TPSA) is 75.7 Å². The molecule has 1 saturated heterocycles. The molecule has 8 nitrogen and oxygen atoms in total. The number of carbonyl (C=O) groups excluding carboxylic acids is 1. The summed E-state index contributed by atoms with van der Waals surface area (Å²) in [5.41, 5.74) is 2.03.